The van der Waals surface area contributed by atoms with Crippen LogP contribution in [0, 0.1) is 0 Å². The lowest BCUT2D eigenvalue weighted by molar-refractivity contribution is 0.0648. The molecule has 2 N–H and O–H groups in total. The molecule has 1 fully saturated rings. The first-order chi connectivity index (χ1) is 8.27. The Morgan fingerprint density at radius 3 is 3.18 bits per heavy atom. The number of hydrogen-bond acceptors (Lipinski definition) is 3. The van der Waals surface area contributed by atoms with Gasteiger partial charge in [-0.1, -0.05) is 0 Å². The van der Waals surface area contributed by atoms with Crippen LogP contribution in [0.2, 0.25) is 0 Å². The summed E-state index contributed by atoms with van der Waals surface area (Å²) < 4.78 is 0. The highest BCUT2D eigenvalue weighted by atomic mass is 16.2. The van der Waals surface area contributed by atoms with Crippen LogP contribution < -0.4 is 5.32 Å². The molecule has 5 heteroatoms. The number of nitrogens with one attached hydrogen (secondary N) is 2. The Kier molecular flexibility index (Phi) is 2.63. The van der Waals surface area contributed by atoms with Crippen molar-refractivity contribution in [2.75, 3.05) is 19.6 Å². The predicted octanol–water partition coefficient (Wildman–Crippen LogP) is 0.332. The van der Waals surface area contributed by atoms with Gasteiger partial charge in [-0.15, -0.1) is 0 Å². The molecule has 2 aliphatic rings. The van der Waals surface area contributed by atoms with Gasteiger partial charge in [-0.3, -0.25) is 9.89 Å². The largest absolute Gasteiger partial charge is 0.332 e. The van der Waals surface area contributed by atoms with E-state index in [0.717, 1.165) is 50.2 Å². The lowest BCUT2D eigenvalue weighted by Gasteiger charge is -2.33. The molecule has 0 aromatic carbocycles. The second-order valence-corrected chi connectivity index (χ2v) is 4.93. The zero-order valence-electron chi connectivity index (χ0n) is 10.1. The Bertz CT molecular complexity index is 440. The standard InChI is InChI=1S/C12H18N4O/c1-8-7-13-5-6-16(8)12(17)11-9-3-2-4-10(9)14-15-11/h8,13H,2-7H2,1H3,(H,14,15)/t8-/m0/s1. The second-order valence-electron chi connectivity index (χ2n) is 4.93. The van der Waals surface area contributed by atoms with Crippen molar-refractivity contribution in [2.24, 2.45) is 0 Å². The molecule has 0 saturated carbocycles. The topological polar surface area (TPSA) is 61.0 Å². The normalized spacial score (nSPS) is 23.8. The molecule has 17 heavy (non-hydrogen) atoms. The molecule has 1 saturated heterocycles. The third-order valence-corrected chi connectivity index (χ3v) is 3.77. The van der Waals surface area contributed by atoms with E-state index < -0.39 is 0 Å². The average molecular weight is 234 g/mol. The number of aryl methyl sites for hydroxylation is 1. The van der Waals surface area contributed by atoms with Crippen molar-refractivity contribution in [3.8, 4) is 0 Å². The average Bonchev–Trinajstić information content (AvgIpc) is 2.90. The summed E-state index contributed by atoms with van der Waals surface area (Å²) in [5, 5.41) is 10.5. The van der Waals surface area contributed by atoms with Gasteiger partial charge in [-0.05, 0) is 26.2 Å². The van der Waals surface area contributed by atoms with Gasteiger partial charge in [-0.2, -0.15) is 5.10 Å². The predicted molar refractivity (Wildman–Crippen MR) is 64.0 cm³/mol. The number of nitrogens with zero attached hydrogens (tertiary/aromatic N) is 2. The fourth-order valence-corrected chi connectivity index (χ4v) is 2.77. The van der Waals surface area contributed by atoms with E-state index in [9.17, 15) is 4.79 Å². The van der Waals surface area contributed by atoms with Crippen molar-refractivity contribution in [3.63, 3.8) is 0 Å². The van der Waals surface area contributed by atoms with Crippen LogP contribution in [0.3, 0.4) is 0 Å². The molecular formula is C12H18N4O. The summed E-state index contributed by atoms with van der Waals surface area (Å²) in [6.45, 7) is 4.61. The van der Waals surface area contributed by atoms with E-state index in [1.165, 1.54) is 0 Å². The summed E-state index contributed by atoms with van der Waals surface area (Å²) in [6.07, 6.45) is 3.17. The fraction of sp³-hybridized carbons (Fsp3) is 0.667. The number of carbonyl (C=O) groups excluding carboxylic acids is 1. The molecule has 3 rings (SSSR count). The number of piperazine rings is 1. The molecule has 92 valence electrons. The number of hydrogen-bond donors (Lipinski definition) is 2. The van der Waals surface area contributed by atoms with Crippen molar-refractivity contribution in [2.45, 2.75) is 32.2 Å². The van der Waals surface area contributed by atoms with Crippen molar-refractivity contribution >= 4 is 5.91 Å². The van der Waals surface area contributed by atoms with Crippen molar-refractivity contribution in [1.82, 2.24) is 20.4 Å². The lowest BCUT2D eigenvalue weighted by Crippen LogP contribution is -2.52. The van der Waals surface area contributed by atoms with Crippen LogP contribution in [0.25, 0.3) is 0 Å². The van der Waals surface area contributed by atoms with E-state index in [2.05, 4.69) is 22.4 Å². The molecule has 1 aliphatic heterocycles. The summed E-state index contributed by atoms with van der Waals surface area (Å²) in [7, 11) is 0. The fourth-order valence-electron chi connectivity index (χ4n) is 2.77. The maximum atomic E-state index is 12.4. The van der Waals surface area contributed by atoms with Gasteiger partial charge < -0.3 is 10.2 Å². The molecule has 5 nitrogen and oxygen atoms in total. The van der Waals surface area contributed by atoms with Gasteiger partial charge in [-0.25, -0.2) is 0 Å². The zero-order valence-corrected chi connectivity index (χ0v) is 10.1. The molecule has 1 aromatic heterocycles. The Labute approximate surface area is 101 Å². The van der Waals surface area contributed by atoms with Crippen molar-refractivity contribution < 1.29 is 4.79 Å². The van der Waals surface area contributed by atoms with E-state index >= 15 is 0 Å². The lowest BCUT2D eigenvalue weighted by atomic mass is 10.1. The van der Waals surface area contributed by atoms with E-state index in [1.807, 2.05) is 4.90 Å². The van der Waals surface area contributed by atoms with Gasteiger partial charge >= 0.3 is 0 Å². The van der Waals surface area contributed by atoms with Gasteiger partial charge in [0.05, 0.1) is 0 Å². The molecule has 0 bridgehead atoms. The molecule has 0 spiro atoms. The molecule has 2 heterocycles. The first-order valence-corrected chi connectivity index (χ1v) is 6.35. The summed E-state index contributed by atoms with van der Waals surface area (Å²) in [5.74, 6) is 0.0957. The highest BCUT2D eigenvalue weighted by Gasteiger charge is 2.29. The maximum Gasteiger partial charge on any atom is 0.274 e. The Hall–Kier alpha value is -1.36. The van der Waals surface area contributed by atoms with Crippen LogP contribution in [0.15, 0.2) is 0 Å². The number of fused-ring (bicyclic) bond motifs is 1. The number of carbonyl (C=O) groups is 1. The van der Waals surface area contributed by atoms with Gasteiger partial charge in [0, 0.05) is 36.9 Å². The van der Waals surface area contributed by atoms with Crippen molar-refractivity contribution in [1.29, 1.82) is 0 Å². The van der Waals surface area contributed by atoms with E-state index in [1.54, 1.807) is 0 Å². The maximum absolute atomic E-state index is 12.4. The van der Waals surface area contributed by atoms with Crippen LogP contribution in [0.4, 0.5) is 0 Å². The Balaban J connectivity index is 1.85. The molecule has 0 unspecified atom stereocenters. The number of aromatic amines is 1. The minimum absolute atomic E-state index is 0.0957. The number of rotatable bonds is 1. The quantitative estimate of drug-likeness (QED) is 0.736. The van der Waals surface area contributed by atoms with Crippen LogP contribution in [-0.2, 0) is 12.8 Å². The van der Waals surface area contributed by atoms with Crippen molar-refractivity contribution in [3.05, 3.63) is 17.0 Å². The minimum Gasteiger partial charge on any atom is -0.332 e. The van der Waals surface area contributed by atoms with Crippen LogP contribution in [-0.4, -0.2) is 46.7 Å². The minimum atomic E-state index is 0.0957. The summed E-state index contributed by atoms with van der Waals surface area (Å²) >= 11 is 0. The van der Waals surface area contributed by atoms with Crippen LogP contribution in [0.5, 0.6) is 0 Å². The Morgan fingerprint density at radius 1 is 1.47 bits per heavy atom. The third kappa shape index (κ3) is 1.74. The first kappa shape index (κ1) is 10.8. The zero-order chi connectivity index (χ0) is 11.8. The second kappa shape index (κ2) is 4.14. The van der Waals surface area contributed by atoms with E-state index in [4.69, 9.17) is 0 Å². The monoisotopic (exact) mass is 234 g/mol. The summed E-state index contributed by atoms with van der Waals surface area (Å²) in [4.78, 5) is 14.4. The van der Waals surface area contributed by atoms with Crippen LogP contribution in [0.1, 0.15) is 35.1 Å². The molecule has 0 radical (unpaired) electrons. The summed E-state index contributed by atoms with van der Waals surface area (Å²) in [5.41, 5.74) is 2.98. The van der Waals surface area contributed by atoms with Gasteiger partial charge in [0.25, 0.3) is 5.91 Å². The number of amides is 1. The molecule has 1 atom stereocenters. The first-order valence-electron chi connectivity index (χ1n) is 6.35. The molecule has 1 amide bonds. The van der Waals surface area contributed by atoms with Gasteiger partial charge in [0.2, 0.25) is 0 Å². The summed E-state index contributed by atoms with van der Waals surface area (Å²) in [6, 6.07) is 0.255. The highest BCUT2D eigenvalue weighted by molar-refractivity contribution is 5.94. The van der Waals surface area contributed by atoms with E-state index in [-0.39, 0.29) is 11.9 Å². The van der Waals surface area contributed by atoms with Gasteiger partial charge in [0.15, 0.2) is 5.69 Å². The number of H-pyrrole nitrogens is 1. The van der Waals surface area contributed by atoms with Crippen LogP contribution >= 0.6 is 0 Å². The molecular weight excluding hydrogens is 216 g/mol. The van der Waals surface area contributed by atoms with E-state index in [0.29, 0.717) is 5.69 Å². The smallest absolute Gasteiger partial charge is 0.274 e. The SMILES string of the molecule is C[C@H]1CNCCN1C(=O)c1n[nH]c2c1CCC2. The number of aromatic nitrogens is 2. The third-order valence-electron chi connectivity index (χ3n) is 3.77. The molecule has 1 aromatic rings. The molecule has 1 aliphatic carbocycles. The Morgan fingerprint density at radius 2 is 2.35 bits per heavy atom. The highest BCUT2D eigenvalue weighted by Crippen LogP contribution is 2.24. The van der Waals surface area contributed by atoms with Gasteiger partial charge in [0.1, 0.15) is 0 Å².